The predicted molar refractivity (Wildman–Crippen MR) is 67.5 cm³/mol. The third-order valence-corrected chi connectivity index (χ3v) is 2.86. The van der Waals surface area contributed by atoms with Crippen LogP contribution in [0.2, 0.25) is 0 Å². The number of aromatic nitrogens is 2. The zero-order valence-corrected chi connectivity index (χ0v) is 10.3. The highest BCUT2D eigenvalue weighted by Gasteiger charge is 2.16. The third kappa shape index (κ3) is 2.00. The number of aliphatic hydroxyl groups excluding tert-OH is 1. The molecule has 1 N–H and O–H groups in total. The number of imidazole rings is 1. The minimum Gasteiger partial charge on any atom is -0.434 e. The van der Waals surface area contributed by atoms with E-state index in [9.17, 15) is 13.9 Å². The van der Waals surface area contributed by atoms with E-state index in [1.807, 2.05) is 0 Å². The number of ether oxygens (including phenoxy) is 1. The summed E-state index contributed by atoms with van der Waals surface area (Å²) in [5.74, 6) is -2.32. The second kappa shape index (κ2) is 4.90. The van der Waals surface area contributed by atoms with Gasteiger partial charge in [-0.15, -0.1) is 0 Å². The van der Waals surface area contributed by atoms with E-state index in [2.05, 4.69) is 4.98 Å². The van der Waals surface area contributed by atoms with Crippen molar-refractivity contribution in [3.63, 3.8) is 0 Å². The van der Waals surface area contributed by atoms with Crippen molar-refractivity contribution in [2.24, 2.45) is 0 Å². The fraction of sp³-hybridized carbons (Fsp3) is 0.0714. The summed E-state index contributed by atoms with van der Waals surface area (Å²) in [5.41, 5.74) is 0.910. The second-order valence-corrected chi connectivity index (χ2v) is 4.10. The van der Waals surface area contributed by atoms with Crippen LogP contribution < -0.4 is 4.74 Å². The minimum absolute atomic E-state index is 0.0446. The third-order valence-electron chi connectivity index (χ3n) is 2.86. The van der Waals surface area contributed by atoms with E-state index in [0.29, 0.717) is 11.3 Å². The highest BCUT2D eigenvalue weighted by Crippen LogP contribution is 2.28. The first-order valence-electron chi connectivity index (χ1n) is 5.89. The largest absolute Gasteiger partial charge is 0.434 e. The molecule has 0 saturated carbocycles. The van der Waals surface area contributed by atoms with Gasteiger partial charge < -0.3 is 9.84 Å². The summed E-state index contributed by atoms with van der Waals surface area (Å²) in [5, 5.41) is 9.40. The summed E-state index contributed by atoms with van der Waals surface area (Å²) in [6.07, 6.45) is 1.70. The minimum atomic E-state index is -1.09. The fourth-order valence-electron chi connectivity index (χ4n) is 1.92. The highest BCUT2D eigenvalue weighted by atomic mass is 19.2. The molecule has 0 saturated heterocycles. The van der Waals surface area contributed by atoms with Crippen LogP contribution in [0, 0.1) is 11.6 Å². The van der Waals surface area contributed by atoms with Crippen LogP contribution in [-0.2, 0) is 6.61 Å². The normalized spacial score (nSPS) is 10.9. The van der Waals surface area contributed by atoms with Crippen LogP contribution in [0.5, 0.6) is 11.6 Å². The molecule has 2 heterocycles. The monoisotopic (exact) mass is 276 g/mol. The van der Waals surface area contributed by atoms with E-state index in [1.54, 1.807) is 28.8 Å². The van der Waals surface area contributed by atoms with Crippen LogP contribution in [0.3, 0.4) is 0 Å². The Kier molecular flexibility index (Phi) is 3.08. The molecule has 6 heteroatoms. The van der Waals surface area contributed by atoms with E-state index in [1.165, 1.54) is 12.1 Å². The quantitative estimate of drug-likeness (QED) is 0.800. The first-order valence-corrected chi connectivity index (χ1v) is 5.89. The fourth-order valence-corrected chi connectivity index (χ4v) is 1.92. The van der Waals surface area contributed by atoms with Crippen LogP contribution in [0.15, 0.2) is 42.6 Å². The summed E-state index contributed by atoms with van der Waals surface area (Å²) >= 11 is 0. The average Bonchev–Trinajstić information content (AvgIpc) is 2.81. The van der Waals surface area contributed by atoms with Crippen molar-refractivity contribution in [2.75, 3.05) is 0 Å². The molecule has 0 spiro atoms. The molecule has 102 valence electrons. The van der Waals surface area contributed by atoms with Gasteiger partial charge in [0.2, 0.25) is 11.7 Å². The van der Waals surface area contributed by atoms with E-state index in [0.717, 1.165) is 6.07 Å². The predicted octanol–water partition coefficient (Wildman–Crippen LogP) is 2.90. The Hall–Kier alpha value is -2.47. The molecular weight excluding hydrogens is 266 g/mol. The molecule has 0 aliphatic rings. The van der Waals surface area contributed by atoms with Crippen molar-refractivity contribution in [1.29, 1.82) is 0 Å². The van der Waals surface area contributed by atoms with Gasteiger partial charge in [-0.1, -0.05) is 12.1 Å². The average molecular weight is 276 g/mol. The number of halogens is 2. The van der Waals surface area contributed by atoms with Crippen molar-refractivity contribution >= 4 is 5.65 Å². The zero-order valence-electron chi connectivity index (χ0n) is 10.3. The molecule has 4 nitrogen and oxygen atoms in total. The molecular formula is C14H10F2N2O2. The lowest BCUT2D eigenvalue weighted by Crippen LogP contribution is -1.96. The molecule has 0 amide bonds. The van der Waals surface area contributed by atoms with Gasteiger partial charge in [0, 0.05) is 6.20 Å². The van der Waals surface area contributed by atoms with Gasteiger partial charge in [-0.2, -0.15) is 9.37 Å². The second-order valence-electron chi connectivity index (χ2n) is 4.10. The number of pyridine rings is 1. The Morgan fingerprint density at radius 2 is 2.00 bits per heavy atom. The molecule has 3 aromatic rings. The SMILES string of the molecule is OCc1c(Oc2cccc(F)c2F)nc2ccccn12. The molecule has 0 radical (unpaired) electrons. The number of hydrogen-bond acceptors (Lipinski definition) is 3. The summed E-state index contributed by atoms with van der Waals surface area (Å²) in [6, 6.07) is 8.88. The van der Waals surface area contributed by atoms with Crippen molar-refractivity contribution < 1.29 is 18.6 Å². The maximum Gasteiger partial charge on any atom is 0.244 e. The molecule has 0 atom stereocenters. The van der Waals surface area contributed by atoms with Crippen LogP contribution in [0.4, 0.5) is 8.78 Å². The van der Waals surface area contributed by atoms with Crippen molar-refractivity contribution in [3.05, 3.63) is 59.9 Å². The molecule has 2 aromatic heterocycles. The number of rotatable bonds is 3. The Morgan fingerprint density at radius 3 is 2.80 bits per heavy atom. The number of aliphatic hydroxyl groups is 1. The molecule has 1 aromatic carbocycles. The number of hydrogen-bond donors (Lipinski definition) is 1. The van der Waals surface area contributed by atoms with Crippen LogP contribution in [0.1, 0.15) is 5.69 Å². The topological polar surface area (TPSA) is 46.8 Å². The molecule has 3 rings (SSSR count). The number of benzene rings is 1. The lowest BCUT2D eigenvalue weighted by atomic mass is 10.3. The van der Waals surface area contributed by atoms with Crippen molar-refractivity contribution in [1.82, 2.24) is 9.38 Å². The van der Waals surface area contributed by atoms with Gasteiger partial charge in [-0.25, -0.2) is 4.39 Å². The van der Waals surface area contributed by atoms with Crippen LogP contribution in [-0.4, -0.2) is 14.5 Å². The summed E-state index contributed by atoms with van der Waals surface area (Å²) < 4.78 is 33.6. The van der Waals surface area contributed by atoms with Crippen molar-refractivity contribution in [2.45, 2.75) is 6.61 Å². The van der Waals surface area contributed by atoms with Gasteiger partial charge in [-0.05, 0) is 24.3 Å². The van der Waals surface area contributed by atoms with E-state index >= 15 is 0 Å². The molecule has 0 aliphatic heterocycles. The zero-order chi connectivity index (χ0) is 14.1. The summed E-state index contributed by atoms with van der Waals surface area (Å²) in [6.45, 7) is -0.336. The van der Waals surface area contributed by atoms with Crippen molar-refractivity contribution in [3.8, 4) is 11.6 Å². The molecule has 20 heavy (non-hydrogen) atoms. The lowest BCUT2D eigenvalue weighted by Gasteiger charge is -2.05. The molecule has 0 unspecified atom stereocenters. The summed E-state index contributed by atoms with van der Waals surface area (Å²) in [4.78, 5) is 4.14. The number of fused-ring (bicyclic) bond motifs is 1. The maximum absolute atomic E-state index is 13.6. The summed E-state index contributed by atoms with van der Waals surface area (Å²) in [7, 11) is 0. The Morgan fingerprint density at radius 1 is 1.15 bits per heavy atom. The maximum atomic E-state index is 13.6. The first-order chi connectivity index (χ1) is 9.70. The Labute approximate surface area is 112 Å². The standard InChI is InChI=1S/C14H10F2N2O2/c15-9-4-3-5-11(13(9)16)20-14-10(8-19)18-7-2-1-6-12(18)17-14/h1-7,19H,8H2. The molecule has 0 aliphatic carbocycles. The highest BCUT2D eigenvalue weighted by molar-refractivity contribution is 5.46. The van der Waals surface area contributed by atoms with Gasteiger partial charge in [0.05, 0.1) is 6.61 Å². The smallest absolute Gasteiger partial charge is 0.244 e. The first kappa shape index (κ1) is 12.6. The van der Waals surface area contributed by atoms with E-state index in [-0.39, 0.29) is 18.2 Å². The lowest BCUT2D eigenvalue weighted by molar-refractivity contribution is 0.269. The van der Waals surface area contributed by atoms with Gasteiger partial charge in [0.1, 0.15) is 11.3 Å². The van der Waals surface area contributed by atoms with Gasteiger partial charge in [0.25, 0.3) is 0 Å². The van der Waals surface area contributed by atoms with Gasteiger partial charge >= 0.3 is 0 Å². The Balaban J connectivity index is 2.08. The van der Waals surface area contributed by atoms with Gasteiger partial charge in [0.15, 0.2) is 11.6 Å². The van der Waals surface area contributed by atoms with E-state index in [4.69, 9.17) is 4.74 Å². The molecule has 0 fully saturated rings. The number of nitrogens with zero attached hydrogens (tertiary/aromatic N) is 2. The van der Waals surface area contributed by atoms with Crippen LogP contribution in [0.25, 0.3) is 5.65 Å². The van der Waals surface area contributed by atoms with Gasteiger partial charge in [-0.3, -0.25) is 4.40 Å². The Bertz CT molecular complexity index is 771. The molecule has 0 bridgehead atoms. The van der Waals surface area contributed by atoms with Crippen LogP contribution >= 0.6 is 0 Å². The van der Waals surface area contributed by atoms with E-state index < -0.39 is 11.6 Å².